The molecule has 2 nitrogen and oxygen atoms in total. The molecule has 0 heterocycles. The number of rotatable bonds is 3. The summed E-state index contributed by atoms with van der Waals surface area (Å²) in [6.45, 7) is 2.31. The van der Waals surface area contributed by atoms with Gasteiger partial charge < -0.3 is 5.11 Å². The largest absolute Gasteiger partial charge is 0.481 e. The Morgan fingerprint density at radius 3 is 1.78 bits per heavy atom. The van der Waals surface area contributed by atoms with Crippen molar-refractivity contribution in [3.05, 3.63) is 0 Å². The Hall–Kier alpha value is -0.240. The normalized spacial score (nSPS) is 36.7. The van der Waals surface area contributed by atoms with Crippen molar-refractivity contribution < 1.29 is 9.90 Å². The van der Waals surface area contributed by atoms with Crippen molar-refractivity contribution in [2.24, 2.45) is 23.7 Å². The number of hydrogen-bond donors (Lipinski definition) is 1. The summed E-state index contributed by atoms with van der Waals surface area (Å²) in [5.41, 5.74) is 0. The van der Waals surface area contributed by atoms with Crippen LogP contribution in [0.2, 0.25) is 0 Å². The van der Waals surface area contributed by atoms with Crippen molar-refractivity contribution in [2.45, 2.75) is 64.7 Å². The maximum atomic E-state index is 10.9. The molecule has 1 N–H and O–H groups in total. The van der Waals surface area contributed by atoms with E-state index >= 15 is 0 Å². The molecule has 0 bridgehead atoms. The van der Waals surface area contributed by atoms with Crippen molar-refractivity contribution in [2.75, 3.05) is 0 Å². The zero-order valence-corrected chi connectivity index (χ0v) is 12.3. The molecule has 0 aromatic carbocycles. The van der Waals surface area contributed by atoms with Crippen LogP contribution in [0.4, 0.5) is 0 Å². The maximum absolute atomic E-state index is 10.9. The van der Waals surface area contributed by atoms with Crippen LogP contribution in [0.25, 0.3) is 0 Å². The lowest BCUT2D eigenvalue weighted by atomic mass is 9.69. The Kier molecular flexibility index (Phi) is 6.48. The summed E-state index contributed by atoms with van der Waals surface area (Å²) < 4.78 is 0. The number of halogens is 1. The molecule has 18 heavy (non-hydrogen) atoms. The SMILES string of the molecule is CC[C@H]1CC[C@H]([C@H]2CC[C@H](C(=O)O)CC2)CC1.Cl. The highest BCUT2D eigenvalue weighted by Crippen LogP contribution is 2.41. The number of carboxylic acids is 1. The van der Waals surface area contributed by atoms with Crippen LogP contribution >= 0.6 is 12.4 Å². The first-order chi connectivity index (χ1) is 8.20. The number of hydrogen-bond acceptors (Lipinski definition) is 1. The average molecular weight is 275 g/mol. The van der Waals surface area contributed by atoms with Gasteiger partial charge in [-0.1, -0.05) is 26.2 Å². The van der Waals surface area contributed by atoms with Crippen molar-refractivity contribution in [1.29, 1.82) is 0 Å². The van der Waals surface area contributed by atoms with E-state index in [1.54, 1.807) is 0 Å². The van der Waals surface area contributed by atoms with Gasteiger partial charge in [-0.3, -0.25) is 4.79 Å². The van der Waals surface area contributed by atoms with Gasteiger partial charge in [0.15, 0.2) is 0 Å². The lowest BCUT2D eigenvalue weighted by molar-refractivity contribution is -0.143. The maximum Gasteiger partial charge on any atom is 0.306 e. The van der Waals surface area contributed by atoms with Gasteiger partial charge in [0.05, 0.1) is 5.92 Å². The van der Waals surface area contributed by atoms with Crippen LogP contribution in [0.3, 0.4) is 0 Å². The van der Waals surface area contributed by atoms with Crippen LogP contribution in [0.5, 0.6) is 0 Å². The van der Waals surface area contributed by atoms with Crippen LogP contribution in [-0.4, -0.2) is 11.1 Å². The van der Waals surface area contributed by atoms with E-state index in [0.717, 1.165) is 30.6 Å². The van der Waals surface area contributed by atoms with Crippen LogP contribution in [-0.2, 0) is 4.79 Å². The van der Waals surface area contributed by atoms with Gasteiger partial charge in [0.2, 0.25) is 0 Å². The summed E-state index contributed by atoms with van der Waals surface area (Å²) in [7, 11) is 0. The number of carbonyl (C=O) groups is 1. The van der Waals surface area contributed by atoms with Crippen LogP contribution in [0, 0.1) is 23.7 Å². The second-order valence-corrected chi connectivity index (χ2v) is 6.14. The Bertz CT molecular complexity index is 251. The molecule has 2 aliphatic carbocycles. The van der Waals surface area contributed by atoms with Crippen molar-refractivity contribution >= 4 is 18.4 Å². The van der Waals surface area contributed by atoms with E-state index in [4.69, 9.17) is 5.11 Å². The van der Waals surface area contributed by atoms with Gasteiger partial charge >= 0.3 is 5.97 Å². The monoisotopic (exact) mass is 274 g/mol. The van der Waals surface area contributed by atoms with E-state index in [-0.39, 0.29) is 18.3 Å². The highest BCUT2D eigenvalue weighted by atomic mass is 35.5. The van der Waals surface area contributed by atoms with E-state index in [0.29, 0.717) is 0 Å². The molecule has 2 rings (SSSR count). The van der Waals surface area contributed by atoms with E-state index < -0.39 is 5.97 Å². The van der Waals surface area contributed by atoms with Crippen LogP contribution < -0.4 is 0 Å². The molecule has 0 spiro atoms. The predicted molar refractivity (Wildman–Crippen MR) is 76.1 cm³/mol. The summed E-state index contributed by atoms with van der Waals surface area (Å²) in [6.07, 6.45) is 11.2. The highest BCUT2D eigenvalue weighted by Gasteiger charge is 2.32. The van der Waals surface area contributed by atoms with Crippen LogP contribution in [0.15, 0.2) is 0 Å². The number of aliphatic carboxylic acids is 1. The molecular formula is C15H27ClO2. The second kappa shape index (κ2) is 7.37. The Labute approximate surface area is 117 Å². The summed E-state index contributed by atoms with van der Waals surface area (Å²) >= 11 is 0. The first-order valence-corrected chi connectivity index (χ1v) is 7.43. The van der Waals surface area contributed by atoms with Crippen molar-refractivity contribution in [1.82, 2.24) is 0 Å². The minimum atomic E-state index is -0.571. The van der Waals surface area contributed by atoms with Crippen molar-refractivity contribution in [3.8, 4) is 0 Å². The fraction of sp³-hybridized carbons (Fsp3) is 0.933. The van der Waals surface area contributed by atoms with Gasteiger partial charge in [-0.2, -0.15) is 0 Å². The van der Waals surface area contributed by atoms with E-state index in [1.807, 2.05) is 0 Å². The Morgan fingerprint density at radius 2 is 1.39 bits per heavy atom. The highest BCUT2D eigenvalue weighted by molar-refractivity contribution is 5.85. The first kappa shape index (κ1) is 15.8. The lowest BCUT2D eigenvalue weighted by Gasteiger charge is -2.36. The summed E-state index contributed by atoms with van der Waals surface area (Å²) in [5, 5.41) is 9.00. The molecule has 2 saturated carbocycles. The van der Waals surface area contributed by atoms with Crippen molar-refractivity contribution in [3.63, 3.8) is 0 Å². The van der Waals surface area contributed by atoms with E-state index in [2.05, 4.69) is 6.92 Å². The molecule has 0 radical (unpaired) electrons. The third-order valence-electron chi connectivity index (χ3n) is 5.26. The number of carboxylic acid groups (broad SMARTS) is 1. The molecule has 0 aromatic heterocycles. The first-order valence-electron chi connectivity index (χ1n) is 7.43. The van der Waals surface area contributed by atoms with Crippen LogP contribution in [0.1, 0.15) is 64.7 Å². The Balaban J connectivity index is 0.00000162. The predicted octanol–water partition coefficient (Wildman–Crippen LogP) is 4.52. The smallest absolute Gasteiger partial charge is 0.306 e. The third-order valence-corrected chi connectivity index (χ3v) is 5.26. The molecule has 3 heteroatoms. The minimum absolute atomic E-state index is 0. The molecule has 0 saturated heterocycles. The molecule has 0 aliphatic heterocycles. The van der Waals surface area contributed by atoms with Gasteiger partial charge in [-0.25, -0.2) is 0 Å². The van der Waals surface area contributed by atoms with Gasteiger partial charge in [-0.05, 0) is 56.3 Å². The van der Waals surface area contributed by atoms with Gasteiger partial charge in [0.1, 0.15) is 0 Å². The Morgan fingerprint density at radius 1 is 0.944 bits per heavy atom. The molecule has 0 amide bonds. The molecule has 2 aliphatic rings. The molecule has 106 valence electrons. The third kappa shape index (κ3) is 3.88. The van der Waals surface area contributed by atoms with Gasteiger partial charge in [0.25, 0.3) is 0 Å². The zero-order chi connectivity index (χ0) is 12.3. The second-order valence-electron chi connectivity index (χ2n) is 6.14. The van der Waals surface area contributed by atoms with E-state index in [1.165, 1.54) is 44.9 Å². The van der Waals surface area contributed by atoms with Gasteiger partial charge in [-0.15, -0.1) is 12.4 Å². The standard InChI is InChI=1S/C15H26O2.ClH/c1-2-11-3-5-12(6-4-11)13-7-9-14(10-8-13)15(16)17;/h11-14H,2-10H2,1H3,(H,16,17);1H/t11-,12-,13-,14-;. The average Bonchev–Trinajstić information content (AvgIpc) is 2.39. The zero-order valence-electron chi connectivity index (χ0n) is 11.4. The molecule has 0 aromatic rings. The molecule has 0 unspecified atom stereocenters. The summed E-state index contributed by atoms with van der Waals surface area (Å²) in [5.74, 6) is 2.11. The molecule has 2 fully saturated rings. The quantitative estimate of drug-likeness (QED) is 0.822. The summed E-state index contributed by atoms with van der Waals surface area (Å²) in [4.78, 5) is 10.9. The lowest BCUT2D eigenvalue weighted by Crippen LogP contribution is -2.28. The topological polar surface area (TPSA) is 37.3 Å². The van der Waals surface area contributed by atoms with E-state index in [9.17, 15) is 4.79 Å². The fourth-order valence-electron chi connectivity index (χ4n) is 3.91. The van der Waals surface area contributed by atoms with Gasteiger partial charge in [0, 0.05) is 0 Å². The minimum Gasteiger partial charge on any atom is -0.481 e. The summed E-state index contributed by atoms with van der Waals surface area (Å²) in [6, 6.07) is 0. The molecule has 0 atom stereocenters. The fourth-order valence-corrected chi connectivity index (χ4v) is 3.91. The molecular weight excluding hydrogens is 248 g/mol.